The maximum atomic E-state index is 12.7. The van der Waals surface area contributed by atoms with Gasteiger partial charge in [0.25, 0.3) is 0 Å². The largest absolute Gasteiger partial charge is 0.398 e. The standard InChI is InChI=1S/C13H20N2O2S2/c1-9-6-12(14)13(7-10(9)2)19(16,17)15-4-5-18-8-11(15)3/h6-7,11H,4-5,8,14H2,1-3H3. The molecule has 6 heteroatoms. The van der Waals surface area contributed by atoms with Crippen LogP contribution in [0.2, 0.25) is 0 Å². The van der Waals surface area contributed by atoms with Crippen LogP contribution in [0.3, 0.4) is 0 Å². The van der Waals surface area contributed by atoms with E-state index in [4.69, 9.17) is 5.73 Å². The average molecular weight is 300 g/mol. The smallest absolute Gasteiger partial charge is 0.245 e. The Bertz CT molecular complexity index is 585. The van der Waals surface area contributed by atoms with Crippen molar-refractivity contribution in [2.75, 3.05) is 23.8 Å². The molecule has 1 unspecified atom stereocenters. The molecular formula is C13H20N2O2S2. The van der Waals surface area contributed by atoms with Gasteiger partial charge in [-0.1, -0.05) is 0 Å². The molecule has 4 nitrogen and oxygen atoms in total. The van der Waals surface area contributed by atoms with Gasteiger partial charge in [-0.3, -0.25) is 0 Å². The summed E-state index contributed by atoms with van der Waals surface area (Å²) in [5, 5.41) is 0. The first-order chi connectivity index (χ1) is 8.84. The third-order valence-corrected chi connectivity index (χ3v) is 6.78. The number of hydrogen-bond acceptors (Lipinski definition) is 4. The maximum Gasteiger partial charge on any atom is 0.245 e. The summed E-state index contributed by atoms with van der Waals surface area (Å²) >= 11 is 1.79. The number of anilines is 1. The Morgan fingerprint density at radius 3 is 2.58 bits per heavy atom. The summed E-state index contributed by atoms with van der Waals surface area (Å²) in [5.41, 5.74) is 8.22. The zero-order valence-corrected chi connectivity index (χ0v) is 13.1. The van der Waals surface area contributed by atoms with Crippen molar-refractivity contribution in [2.45, 2.75) is 31.7 Å². The topological polar surface area (TPSA) is 63.4 Å². The van der Waals surface area contributed by atoms with Gasteiger partial charge in [-0.05, 0) is 44.0 Å². The van der Waals surface area contributed by atoms with Gasteiger partial charge in [0.2, 0.25) is 10.0 Å². The Hall–Kier alpha value is -0.720. The molecule has 1 atom stereocenters. The minimum absolute atomic E-state index is 0.0183. The number of nitrogens with two attached hydrogens (primary N) is 1. The van der Waals surface area contributed by atoms with E-state index in [1.165, 1.54) is 0 Å². The van der Waals surface area contributed by atoms with Crippen molar-refractivity contribution >= 4 is 27.5 Å². The van der Waals surface area contributed by atoms with Gasteiger partial charge in [0.05, 0.1) is 5.69 Å². The van der Waals surface area contributed by atoms with Crippen molar-refractivity contribution < 1.29 is 8.42 Å². The van der Waals surface area contributed by atoms with Crippen LogP contribution in [0, 0.1) is 13.8 Å². The molecule has 1 aliphatic rings. The summed E-state index contributed by atoms with van der Waals surface area (Å²) in [6.45, 7) is 6.34. The minimum Gasteiger partial charge on any atom is -0.398 e. The molecule has 0 aromatic heterocycles. The SMILES string of the molecule is Cc1cc(N)c(S(=O)(=O)N2CCSCC2C)cc1C. The number of benzene rings is 1. The summed E-state index contributed by atoms with van der Waals surface area (Å²) in [6, 6.07) is 3.45. The van der Waals surface area contributed by atoms with E-state index in [2.05, 4.69) is 0 Å². The number of nitrogens with zero attached hydrogens (tertiary/aromatic N) is 1. The zero-order chi connectivity index (χ0) is 14.2. The average Bonchev–Trinajstić information content (AvgIpc) is 2.34. The molecule has 2 rings (SSSR count). The molecule has 0 bridgehead atoms. The first-order valence-electron chi connectivity index (χ1n) is 6.30. The molecule has 19 heavy (non-hydrogen) atoms. The molecule has 0 radical (unpaired) electrons. The van der Waals surface area contributed by atoms with E-state index in [0.717, 1.165) is 22.6 Å². The van der Waals surface area contributed by atoms with Gasteiger partial charge in [0.1, 0.15) is 4.90 Å². The van der Waals surface area contributed by atoms with E-state index >= 15 is 0 Å². The fourth-order valence-electron chi connectivity index (χ4n) is 2.23. The van der Waals surface area contributed by atoms with E-state index in [9.17, 15) is 8.42 Å². The summed E-state index contributed by atoms with van der Waals surface area (Å²) in [7, 11) is -3.49. The van der Waals surface area contributed by atoms with Crippen LogP contribution in [0.4, 0.5) is 5.69 Å². The molecule has 1 heterocycles. The zero-order valence-electron chi connectivity index (χ0n) is 11.5. The molecule has 0 amide bonds. The number of hydrogen-bond donors (Lipinski definition) is 1. The Kier molecular flexibility index (Phi) is 4.13. The highest BCUT2D eigenvalue weighted by Gasteiger charge is 2.32. The molecule has 2 N–H and O–H groups in total. The molecule has 106 valence electrons. The van der Waals surface area contributed by atoms with Gasteiger partial charge in [0, 0.05) is 24.1 Å². The second-order valence-electron chi connectivity index (χ2n) is 5.01. The lowest BCUT2D eigenvalue weighted by molar-refractivity contribution is 0.368. The van der Waals surface area contributed by atoms with Crippen LogP contribution >= 0.6 is 11.8 Å². The second kappa shape index (κ2) is 5.34. The molecule has 0 aliphatic carbocycles. The lowest BCUT2D eigenvalue weighted by Gasteiger charge is -2.32. The lowest BCUT2D eigenvalue weighted by Crippen LogP contribution is -2.44. The van der Waals surface area contributed by atoms with Gasteiger partial charge >= 0.3 is 0 Å². The quantitative estimate of drug-likeness (QED) is 0.849. The normalized spacial score (nSPS) is 21.5. The van der Waals surface area contributed by atoms with Crippen molar-refractivity contribution in [3.63, 3.8) is 0 Å². The van der Waals surface area contributed by atoms with Crippen LogP contribution in [-0.4, -0.2) is 36.8 Å². The molecular weight excluding hydrogens is 280 g/mol. The number of rotatable bonds is 2. The van der Waals surface area contributed by atoms with Gasteiger partial charge in [0.15, 0.2) is 0 Å². The van der Waals surface area contributed by atoms with E-state index in [0.29, 0.717) is 12.2 Å². The van der Waals surface area contributed by atoms with Crippen LogP contribution in [0.1, 0.15) is 18.1 Å². The third-order valence-electron chi connectivity index (χ3n) is 3.52. The van der Waals surface area contributed by atoms with Crippen LogP contribution in [0.25, 0.3) is 0 Å². The summed E-state index contributed by atoms with van der Waals surface area (Å²) in [4.78, 5) is 0.245. The van der Waals surface area contributed by atoms with E-state index in [1.807, 2.05) is 20.8 Å². The highest BCUT2D eigenvalue weighted by atomic mass is 32.2. The van der Waals surface area contributed by atoms with Gasteiger partial charge in [-0.15, -0.1) is 0 Å². The molecule has 1 aliphatic heterocycles. The van der Waals surface area contributed by atoms with Crippen LogP contribution in [-0.2, 0) is 10.0 Å². The first-order valence-corrected chi connectivity index (χ1v) is 8.90. The summed E-state index contributed by atoms with van der Waals surface area (Å²) < 4.78 is 27.0. The minimum atomic E-state index is -3.49. The third kappa shape index (κ3) is 2.75. The Balaban J connectivity index is 2.47. The molecule has 1 saturated heterocycles. The van der Waals surface area contributed by atoms with E-state index < -0.39 is 10.0 Å². The Morgan fingerprint density at radius 1 is 1.32 bits per heavy atom. The molecule has 1 aromatic rings. The molecule has 0 saturated carbocycles. The van der Waals surface area contributed by atoms with Gasteiger partial charge in [-0.25, -0.2) is 8.42 Å². The van der Waals surface area contributed by atoms with Crippen LogP contribution in [0.5, 0.6) is 0 Å². The van der Waals surface area contributed by atoms with E-state index in [1.54, 1.807) is 28.2 Å². The number of sulfonamides is 1. The van der Waals surface area contributed by atoms with Crippen molar-refractivity contribution in [3.8, 4) is 0 Å². The Morgan fingerprint density at radius 2 is 1.95 bits per heavy atom. The monoisotopic (exact) mass is 300 g/mol. The number of aryl methyl sites for hydroxylation is 2. The molecule has 1 aromatic carbocycles. The Labute approximate surface area is 119 Å². The van der Waals surface area contributed by atoms with Gasteiger partial charge in [-0.2, -0.15) is 16.1 Å². The molecule has 1 fully saturated rings. The predicted molar refractivity (Wildman–Crippen MR) is 81.0 cm³/mol. The highest BCUT2D eigenvalue weighted by Crippen LogP contribution is 2.29. The van der Waals surface area contributed by atoms with Crippen molar-refractivity contribution in [2.24, 2.45) is 0 Å². The van der Waals surface area contributed by atoms with Gasteiger partial charge < -0.3 is 5.73 Å². The predicted octanol–water partition coefficient (Wildman–Crippen LogP) is 2.01. The first kappa shape index (κ1) is 14.7. The second-order valence-corrected chi connectivity index (χ2v) is 8.02. The van der Waals surface area contributed by atoms with E-state index in [-0.39, 0.29) is 10.9 Å². The highest BCUT2D eigenvalue weighted by molar-refractivity contribution is 7.99. The summed E-state index contributed by atoms with van der Waals surface area (Å²) in [6.07, 6.45) is 0. The number of thioether (sulfide) groups is 1. The summed E-state index contributed by atoms with van der Waals surface area (Å²) in [5.74, 6) is 1.68. The maximum absolute atomic E-state index is 12.7. The van der Waals surface area contributed by atoms with Crippen molar-refractivity contribution in [1.29, 1.82) is 0 Å². The fraction of sp³-hybridized carbons (Fsp3) is 0.538. The van der Waals surface area contributed by atoms with Crippen molar-refractivity contribution in [1.82, 2.24) is 4.31 Å². The lowest BCUT2D eigenvalue weighted by atomic mass is 10.1. The van der Waals surface area contributed by atoms with Crippen molar-refractivity contribution in [3.05, 3.63) is 23.3 Å². The van der Waals surface area contributed by atoms with Crippen LogP contribution in [0.15, 0.2) is 17.0 Å². The fourth-order valence-corrected chi connectivity index (χ4v) is 5.27. The molecule has 0 spiro atoms. The van der Waals surface area contributed by atoms with Crippen LogP contribution < -0.4 is 5.73 Å². The number of nitrogen functional groups attached to an aromatic ring is 1.